The van der Waals surface area contributed by atoms with Crippen molar-refractivity contribution in [3.63, 3.8) is 0 Å². The highest BCUT2D eigenvalue weighted by molar-refractivity contribution is 5.03. The van der Waals surface area contributed by atoms with Gasteiger partial charge in [-0.25, -0.2) is 0 Å². The van der Waals surface area contributed by atoms with E-state index >= 15 is 0 Å². The third kappa shape index (κ3) is 3.52. The highest BCUT2D eigenvalue weighted by atomic mass is 15.2. The molecule has 4 rings (SSSR count). The number of likely N-dealkylation sites (tertiary alicyclic amines) is 2. The van der Waals surface area contributed by atoms with Gasteiger partial charge in [-0.2, -0.15) is 0 Å². The van der Waals surface area contributed by atoms with E-state index in [4.69, 9.17) is 0 Å². The topological polar surface area (TPSA) is 30.5 Å². The van der Waals surface area contributed by atoms with Crippen LogP contribution in [-0.4, -0.2) is 73.7 Å². The molecular formula is C21H40N4. The normalized spacial score (nSPS) is 43.4. The number of piperidine rings is 1. The van der Waals surface area contributed by atoms with Crippen LogP contribution in [0.15, 0.2) is 0 Å². The second-order valence-electron chi connectivity index (χ2n) is 9.87. The van der Waals surface area contributed by atoms with Crippen molar-refractivity contribution in [3.05, 3.63) is 0 Å². The van der Waals surface area contributed by atoms with Crippen LogP contribution in [0.5, 0.6) is 0 Å². The summed E-state index contributed by atoms with van der Waals surface area (Å²) in [5.74, 6) is 4.41. The van der Waals surface area contributed by atoms with Crippen molar-refractivity contribution in [1.82, 2.24) is 20.4 Å². The van der Waals surface area contributed by atoms with E-state index < -0.39 is 0 Å². The van der Waals surface area contributed by atoms with Crippen LogP contribution in [0.4, 0.5) is 0 Å². The van der Waals surface area contributed by atoms with Crippen molar-refractivity contribution in [2.24, 2.45) is 29.6 Å². The third-order valence-corrected chi connectivity index (χ3v) is 7.94. The first kappa shape index (κ1) is 18.2. The predicted octanol–water partition coefficient (Wildman–Crippen LogP) is 1.87. The number of fused-ring (bicyclic) bond motifs is 2. The molecule has 0 aliphatic carbocycles. The molecule has 4 saturated heterocycles. The number of hydrogen-bond donors (Lipinski definition) is 2. The maximum absolute atomic E-state index is 4.02. The van der Waals surface area contributed by atoms with Gasteiger partial charge in [-0.1, -0.05) is 0 Å². The van der Waals surface area contributed by atoms with Crippen molar-refractivity contribution < 1.29 is 0 Å². The summed E-state index contributed by atoms with van der Waals surface area (Å²) in [4.78, 5) is 5.50. The molecule has 6 unspecified atom stereocenters. The van der Waals surface area contributed by atoms with Crippen molar-refractivity contribution in [3.8, 4) is 0 Å². The van der Waals surface area contributed by atoms with Gasteiger partial charge >= 0.3 is 0 Å². The summed E-state index contributed by atoms with van der Waals surface area (Å²) in [6, 6.07) is 2.14. The van der Waals surface area contributed by atoms with Crippen molar-refractivity contribution in [1.29, 1.82) is 0 Å². The summed E-state index contributed by atoms with van der Waals surface area (Å²) in [6.45, 7) is 18.5. The van der Waals surface area contributed by atoms with Gasteiger partial charge < -0.3 is 20.4 Å². The van der Waals surface area contributed by atoms with E-state index in [-0.39, 0.29) is 0 Å². The summed E-state index contributed by atoms with van der Waals surface area (Å²) in [6.07, 6.45) is 2.76. The number of nitrogens with one attached hydrogen (secondary N) is 2. The predicted molar refractivity (Wildman–Crippen MR) is 105 cm³/mol. The third-order valence-electron chi connectivity index (χ3n) is 7.94. The first-order chi connectivity index (χ1) is 12.0. The first-order valence-corrected chi connectivity index (χ1v) is 11.0. The quantitative estimate of drug-likeness (QED) is 0.815. The van der Waals surface area contributed by atoms with Crippen LogP contribution < -0.4 is 10.6 Å². The van der Waals surface area contributed by atoms with E-state index in [0.29, 0.717) is 12.1 Å². The van der Waals surface area contributed by atoms with E-state index in [1.807, 2.05) is 0 Å². The van der Waals surface area contributed by atoms with Crippen LogP contribution >= 0.6 is 0 Å². The zero-order chi connectivity index (χ0) is 17.6. The Balaban J connectivity index is 1.52. The Kier molecular flexibility index (Phi) is 5.43. The molecule has 4 nitrogen and oxygen atoms in total. The lowest BCUT2D eigenvalue weighted by Gasteiger charge is -2.42. The maximum atomic E-state index is 4.02. The molecule has 4 heterocycles. The molecule has 4 aliphatic heterocycles. The molecule has 0 spiro atoms. The summed E-state index contributed by atoms with van der Waals surface area (Å²) in [7, 11) is 0. The molecule has 0 bridgehead atoms. The monoisotopic (exact) mass is 348 g/mol. The molecule has 144 valence electrons. The van der Waals surface area contributed by atoms with E-state index in [0.717, 1.165) is 35.6 Å². The van der Waals surface area contributed by atoms with Gasteiger partial charge in [0, 0.05) is 44.3 Å². The number of hydrogen-bond acceptors (Lipinski definition) is 4. The largest absolute Gasteiger partial charge is 0.316 e. The smallest absolute Gasteiger partial charge is 0.0154 e. The van der Waals surface area contributed by atoms with Gasteiger partial charge in [0.2, 0.25) is 0 Å². The molecule has 0 radical (unpaired) electrons. The van der Waals surface area contributed by atoms with Gasteiger partial charge in [-0.05, 0) is 89.8 Å². The Labute approximate surface area is 155 Å². The number of nitrogens with zero attached hydrogens (tertiary/aromatic N) is 2. The van der Waals surface area contributed by atoms with Gasteiger partial charge in [-0.15, -0.1) is 0 Å². The summed E-state index contributed by atoms with van der Waals surface area (Å²) >= 11 is 0. The zero-order valence-corrected chi connectivity index (χ0v) is 16.9. The van der Waals surface area contributed by atoms with Crippen LogP contribution in [0.2, 0.25) is 0 Å². The molecule has 0 aromatic carbocycles. The van der Waals surface area contributed by atoms with Crippen LogP contribution in [0.1, 0.15) is 40.5 Å². The molecule has 6 atom stereocenters. The molecule has 4 fully saturated rings. The minimum atomic E-state index is 0.703. The van der Waals surface area contributed by atoms with E-state index in [2.05, 4.69) is 48.1 Å². The first-order valence-electron chi connectivity index (χ1n) is 11.0. The van der Waals surface area contributed by atoms with Gasteiger partial charge in [-0.3, -0.25) is 0 Å². The Hall–Kier alpha value is -0.160. The van der Waals surface area contributed by atoms with Gasteiger partial charge in [0.25, 0.3) is 0 Å². The van der Waals surface area contributed by atoms with Crippen molar-refractivity contribution in [2.45, 2.75) is 58.7 Å². The van der Waals surface area contributed by atoms with Crippen LogP contribution in [-0.2, 0) is 0 Å². The average molecular weight is 349 g/mol. The molecule has 2 N–H and O–H groups in total. The molecule has 0 aromatic heterocycles. The Morgan fingerprint density at radius 1 is 0.720 bits per heavy atom. The number of rotatable bonds is 3. The van der Waals surface area contributed by atoms with Crippen molar-refractivity contribution in [2.75, 3.05) is 45.8 Å². The molecular weight excluding hydrogens is 308 g/mol. The molecule has 4 heteroatoms. The lowest BCUT2D eigenvalue weighted by atomic mass is 9.71. The maximum Gasteiger partial charge on any atom is 0.0154 e. The van der Waals surface area contributed by atoms with Crippen LogP contribution in [0.25, 0.3) is 0 Å². The fourth-order valence-corrected chi connectivity index (χ4v) is 6.36. The zero-order valence-electron chi connectivity index (χ0n) is 16.9. The lowest BCUT2D eigenvalue weighted by Crippen LogP contribution is -2.54. The molecule has 0 aromatic rings. The molecule has 0 amide bonds. The highest BCUT2D eigenvalue weighted by Crippen LogP contribution is 2.42. The van der Waals surface area contributed by atoms with Gasteiger partial charge in [0.1, 0.15) is 0 Å². The Morgan fingerprint density at radius 2 is 1.32 bits per heavy atom. The lowest BCUT2D eigenvalue weighted by molar-refractivity contribution is 0.126. The molecule has 4 aliphatic rings. The van der Waals surface area contributed by atoms with Crippen LogP contribution in [0, 0.1) is 29.6 Å². The molecule has 0 saturated carbocycles. The highest BCUT2D eigenvalue weighted by Gasteiger charge is 2.48. The Bertz CT molecular complexity index is 451. The van der Waals surface area contributed by atoms with Crippen molar-refractivity contribution >= 4 is 0 Å². The fraction of sp³-hybridized carbons (Fsp3) is 1.00. The van der Waals surface area contributed by atoms with E-state index in [1.54, 1.807) is 0 Å². The molecule has 25 heavy (non-hydrogen) atoms. The van der Waals surface area contributed by atoms with E-state index in [1.165, 1.54) is 58.7 Å². The minimum absolute atomic E-state index is 0.703. The second kappa shape index (κ2) is 7.46. The summed E-state index contributed by atoms with van der Waals surface area (Å²) in [5.41, 5.74) is 0. The van der Waals surface area contributed by atoms with Gasteiger partial charge in [0.15, 0.2) is 0 Å². The Morgan fingerprint density at radius 3 is 2.00 bits per heavy atom. The summed E-state index contributed by atoms with van der Waals surface area (Å²) < 4.78 is 0. The van der Waals surface area contributed by atoms with E-state index in [9.17, 15) is 0 Å². The fourth-order valence-electron chi connectivity index (χ4n) is 6.36. The second-order valence-corrected chi connectivity index (χ2v) is 9.87. The van der Waals surface area contributed by atoms with Gasteiger partial charge in [0.05, 0.1) is 0 Å². The standard InChI is InChI=1S/C21H40N4/c1-14(2)24-10-16-5-7-22-9-18(19(16)12-24)21-20-13-25(15(3)4)11-17(20)6-8-23-21/h14-23H,5-13H2,1-4H3. The summed E-state index contributed by atoms with van der Waals surface area (Å²) in [5, 5.41) is 7.83. The average Bonchev–Trinajstić information content (AvgIpc) is 3.15. The minimum Gasteiger partial charge on any atom is -0.316 e. The SMILES string of the molecule is CC(C)N1CC2CCNCC(C3NCCC4CN(C(C)C)CC43)C2C1. The van der Waals surface area contributed by atoms with Crippen LogP contribution in [0.3, 0.4) is 0 Å².